The van der Waals surface area contributed by atoms with Crippen molar-refractivity contribution in [2.24, 2.45) is 12.9 Å². The van der Waals surface area contributed by atoms with Gasteiger partial charge in [-0.15, -0.1) is 10.2 Å². The van der Waals surface area contributed by atoms with Crippen molar-refractivity contribution in [3.8, 4) is 0 Å². The minimum absolute atomic E-state index is 0.00426. The van der Waals surface area contributed by atoms with Crippen LogP contribution in [0.4, 0.5) is 0 Å². The Labute approximate surface area is 106 Å². The SMILES string of the molecule is Cc1cccc(C)c1C(Cc1nnn(C)n1)NN. The smallest absolute Gasteiger partial charge is 0.176 e. The number of benzene rings is 1. The molecule has 2 rings (SSSR count). The normalized spacial score (nSPS) is 12.7. The Morgan fingerprint density at radius 3 is 2.50 bits per heavy atom. The first kappa shape index (κ1) is 12.7. The number of tetrazole rings is 1. The third-order valence-corrected chi connectivity index (χ3v) is 3.03. The highest BCUT2D eigenvalue weighted by molar-refractivity contribution is 5.36. The minimum Gasteiger partial charge on any atom is -0.271 e. The molecule has 0 fully saturated rings. The average molecular weight is 246 g/mol. The summed E-state index contributed by atoms with van der Waals surface area (Å²) in [5, 5.41) is 12.0. The average Bonchev–Trinajstić information content (AvgIpc) is 2.73. The summed E-state index contributed by atoms with van der Waals surface area (Å²) in [4.78, 5) is 1.45. The third kappa shape index (κ3) is 2.55. The molecule has 0 saturated heterocycles. The molecule has 1 aromatic heterocycles. The van der Waals surface area contributed by atoms with E-state index in [1.54, 1.807) is 7.05 Å². The molecule has 1 heterocycles. The van der Waals surface area contributed by atoms with Crippen LogP contribution < -0.4 is 11.3 Å². The molecule has 0 aliphatic carbocycles. The van der Waals surface area contributed by atoms with Gasteiger partial charge in [0.2, 0.25) is 0 Å². The molecule has 0 aliphatic heterocycles. The Kier molecular flexibility index (Phi) is 3.69. The lowest BCUT2D eigenvalue weighted by Gasteiger charge is -2.19. The van der Waals surface area contributed by atoms with Crippen LogP contribution in [0.1, 0.15) is 28.6 Å². The molecule has 0 bridgehead atoms. The molecule has 0 radical (unpaired) electrons. The maximum Gasteiger partial charge on any atom is 0.176 e. The van der Waals surface area contributed by atoms with Crippen molar-refractivity contribution in [3.05, 3.63) is 40.7 Å². The molecule has 18 heavy (non-hydrogen) atoms. The van der Waals surface area contributed by atoms with Crippen molar-refractivity contribution >= 4 is 0 Å². The van der Waals surface area contributed by atoms with Gasteiger partial charge >= 0.3 is 0 Å². The molecule has 0 spiro atoms. The van der Waals surface area contributed by atoms with Gasteiger partial charge in [0.1, 0.15) is 0 Å². The first-order valence-corrected chi connectivity index (χ1v) is 5.87. The lowest BCUT2D eigenvalue weighted by molar-refractivity contribution is 0.531. The molecule has 3 N–H and O–H groups in total. The van der Waals surface area contributed by atoms with E-state index in [-0.39, 0.29) is 6.04 Å². The van der Waals surface area contributed by atoms with Crippen LogP contribution in [0.25, 0.3) is 0 Å². The topological polar surface area (TPSA) is 81.7 Å². The maximum atomic E-state index is 5.66. The van der Waals surface area contributed by atoms with E-state index in [2.05, 4.69) is 46.8 Å². The molecule has 0 saturated carbocycles. The van der Waals surface area contributed by atoms with E-state index in [0.29, 0.717) is 12.2 Å². The second kappa shape index (κ2) is 5.24. The Morgan fingerprint density at radius 2 is 2.00 bits per heavy atom. The fourth-order valence-corrected chi connectivity index (χ4v) is 2.21. The summed E-state index contributed by atoms with van der Waals surface area (Å²) in [5.74, 6) is 6.35. The lowest BCUT2D eigenvalue weighted by atomic mass is 9.94. The zero-order chi connectivity index (χ0) is 13.1. The molecule has 6 nitrogen and oxygen atoms in total. The van der Waals surface area contributed by atoms with Crippen LogP contribution in [-0.4, -0.2) is 20.2 Å². The van der Waals surface area contributed by atoms with E-state index in [1.165, 1.54) is 21.5 Å². The van der Waals surface area contributed by atoms with Crippen LogP contribution in [0.3, 0.4) is 0 Å². The van der Waals surface area contributed by atoms with Crippen LogP contribution in [0.2, 0.25) is 0 Å². The second-order valence-corrected chi connectivity index (χ2v) is 4.42. The predicted molar refractivity (Wildman–Crippen MR) is 68.5 cm³/mol. The van der Waals surface area contributed by atoms with Gasteiger partial charge < -0.3 is 0 Å². The monoisotopic (exact) mass is 246 g/mol. The minimum atomic E-state index is -0.00426. The summed E-state index contributed by atoms with van der Waals surface area (Å²) >= 11 is 0. The van der Waals surface area contributed by atoms with Gasteiger partial charge in [0.15, 0.2) is 5.82 Å². The number of hydrogen-bond donors (Lipinski definition) is 2. The van der Waals surface area contributed by atoms with Gasteiger partial charge in [-0.05, 0) is 35.8 Å². The lowest BCUT2D eigenvalue weighted by Crippen LogP contribution is -2.31. The number of rotatable bonds is 4. The van der Waals surface area contributed by atoms with Crippen LogP contribution in [0.15, 0.2) is 18.2 Å². The van der Waals surface area contributed by atoms with Gasteiger partial charge in [0.05, 0.1) is 13.1 Å². The zero-order valence-corrected chi connectivity index (χ0v) is 10.9. The summed E-state index contributed by atoms with van der Waals surface area (Å²) in [6, 6.07) is 6.20. The van der Waals surface area contributed by atoms with E-state index < -0.39 is 0 Å². The molecule has 1 unspecified atom stereocenters. The molecule has 2 aromatic rings. The standard InChI is InChI=1S/C12H18N6/c1-8-5-4-6-9(2)12(8)10(14-13)7-11-15-17-18(3)16-11/h4-6,10,14H,7,13H2,1-3H3. The molecule has 0 amide bonds. The molecule has 96 valence electrons. The maximum absolute atomic E-state index is 5.66. The number of aromatic nitrogens is 4. The Balaban J connectivity index is 2.28. The van der Waals surface area contributed by atoms with Crippen LogP contribution in [0.5, 0.6) is 0 Å². The highest BCUT2D eigenvalue weighted by Gasteiger charge is 2.17. The molecular formula is C12H18N6. The van der Waals surface area contributed by atoms with Crippen molar-refractivity contribution < 1.29 is 0 Å². The van der Waals surface area contributed by atoms with Gasteiger partial charge in [-0.25, -0.2) is 0 Å². The number of nitrogens with one attached hydrogen (secondary N) is 1. The quantitative estimate of drug-likeness (QED) is 0.609. The van der Waals surface area contributed by atoms with Gasteiger partial charge in [0.25, 0.3) is 0 Å². The molecule has 1 aromatic carbocycles. The molecule has 0 aliphatic rings. The predicted octanol–water partition coefficient (Wildman–Crippen LogP) is 0.574. The van der Waals surface area contributed by atoms with E-state index in [1.807, 2.05) is 6.07 Å². The highest BCUT2D eigenvalue weighted by Crippen LogP contribution is 2.23. The first-order valence-electron chi connectivity index (χ1n) is 5.87. The number of nitrogens with two attached hydrogens (primary N) is 1. The van der Waals surface area contributed by atoms with E-state index in [4.69, 9.17) is 5.84 Å². The van der Waals surface area contributed by atoms with E-state index >= 15 is 0 Å². The zero-order valence-electron chi connectivity index (χ0n) is 10.9. The van der Waals surface area contributed by atoms with E-state index in [0.717, 1.165) is 0 Å². The number of hydrazine groups is 1. The van der Waals surface area contributed by atoms with Crippen molar-refractivity contribution in [3.63, 3.8) is 0 Å². The summed E-state index contributed by atoms with van der Waals surface area (Å²) in [7, 11) is 1.75. The van der Waals surface area contributed by atoms with Crippen molar-refractivity contribution in [2.75, 3.05) is 0 Å². The van der Waals surface area contributed by atoms with Crippen LogP contribution >= 0.6 is 0 Å². The fourth-order valence-electron chi connectivity index (χ4n) is 2.21. The van der Waals surface area contributed by atoms with Gasteiger partial charge in [-0.1, -0.05) is 18.2 Å². The van der Waals surface area contributed by atoms with Crippen molar-refractivity contribution in [2.45, 2.75) is 26.3 Å². The van der Waals surface area contributed by atoms with Crippen LogP contribution in [0, 0.1) is 13.8 Å². The number of hydrogen-bond acceptors (Lipinski definition) is 5. The largest absolute Gasteiger partial charge is 0.271 e. The summed E-state index contributed by atoms with van der Waals surface area (Å²) in [5.41, 5.74) is 6.46. The van der Waals surface area contributed by atoms with Crippen molar-refractivity contribution in [1.29, 1.82) is 0 Å². The van der Waals surface area contributed by atoms with E-state index in [9.17, 15) is 0 Å². The summed E-state index contributed by atoms with van der Waals surface area (Å²) < 4.78 is 0. The summed E-state index contributed by atoms with van der Waals surface area (Å²) in [6.07, 6.45) is 0.621. The second-order valence-electron chi connectivity index (χ2n) is 4.42. The number of nitrogens with zero attached hydrogens (tertiary/aromatic N) is 4. The van der Waals surface area contributed by atoms with Gasteiger partial charge in [-0.2, -0.15) is 4.80 Å². The summed E-state index contributed by atoms with van der Waals surface area (Å²) in [6.45, 7) is 4.16. The Hall–Kier alpha value is -1.79. The highest BCUT2D eigenvalue weighted by atomic mass is 15.6. The number of aryl methyl sites for hydroxylation is 3. The van der Waals surface area contributed by atoms with Crippen molar-refractivity contribution in [1.82, 2.24) is 25.6 Å². The Bertz CT molecular complexity index is 513. The van der Waals surface area contributed by atoms with Gasteiger partial charge in [0, 0.05) is 6.42 Å². The molecule has 1 atom stereocenters. The van der Waals surface area contributed by atoms with Gasteiger partial charge in [-0.3, -0.25) is 11.3 Å². The third-order valence-electron chi connectivity index (χ3n) is 3.03. The Morgan fingerprint density at radius 1 is 1.33 bits per heavy atom. The first-order chi connectivity index (χ1) is 8.61. The molecular weight excluding hydrogens is 228 g/mol. The molecule has 6 heteroatoms. The van der Waals surface area contributed by atoms with Crippen LogP contribution in [-0.2, 0) is 13.5 Å². The fraction of sp³-hybridized carbons (Fsp3) is 0.417.